The summed E-state index contributed by atoms with van der Waals surface area (Å²) >= 11 is 0. The molecule has 8 heteroatoms. The van der Waals surface area contributed by atoms with Crippen LogP contribution in [0, 0.1) is 11.3 Å². The van der Waals surface area contributed by atoms with Crippen molar-refractivity contribution in [3.05, 3.63) is 89.7 Å². The number of para-hydroxylation sites is 2. The van der Waals surface area contributed by atoms with E-state index < -0.39 is 18.1 Å². The van der Waals surface area contributed by atoms with Crippen LogP contribution in [0.2, 0.25) is 0 Å². The number of ether oxygens (including phenoxy) is 1. The molecule has 0 saturated heterocycles. The van der Waals surface area contributed by atoms with Crippen LogP contribution in [-0.4, -0.2) is 57.4 Å². The first-order chi connectivity index (χ1) is 21.0. The van der Waals surface area contributed by atoms with E-state index in [4.69, 9.17) is 9.72 Å². The van der Waals surface area contributed by atoms with Crippen LogP contribution >= 0.6 is 0 Å². The molecule has 232 valence electrons. The van der Waals surface area contributed by atoms with Gasteiger partial charge in [-0.05, 0) is 58.6 Å². The average Bonchev–Trinajstić information content (AvgIpc) is 3.49. The van der Waals surface area contributed by atoms with Crippen molar-refractivity contribution in [2.24, 2.45) is 18.4 Å². The molecular weight excluding hydrogens is 552 g/mol. The summed E-state index contributed by atoms with van der Waals surface area (Å²) in [4.78, 5) is 32.3. The number of rotatable bonds is 12. The van der Waals surface area contributed by atoms with Crippen molar-refractivity contribution >= 4 is 23.1 Å². The van der Waals surface area contributed by atoms with Gasteiger partial charge in [0.15, 0.2) is 0 Å². The molecule has 1 aliphatic carbocycles. The van der Waals surface area contributed by atoms with Crippen LogP contribution in [0.1, 0.15) is 63.4 Å². The van der Waals surface area contributed by atoms with Crippen LogP contribution < -0.4 is 5.32 Å². The number of carboxylic acid groups (broad SMARTS) is 1. The first kappa shape index (κ1) is 31.3. The largest absolute Gasteiger partial charge is 0.480 e. The second kappa shape index (κ2) is 13.2. The molecule has 2 N–H and O–H groups in total. The number of aromatic nitrogens is 2. The number of aryl methyl sites for hydroxylation is 1. The molecule has 1 aromatic heterocycles. The molecule has 0 spiro atoms. The van der Waals surface area contributed by atoms with Crippen LogP contribution in [0.4, 0.5) is 4.79 Å². The number of hydrogen-bond donors (Lipinski definition) is 2. The number of carboxylic acids is 1. The number of amides is 1. The number of imidazole rings is 1. The Balaban J connectivity index is 1.31. The van der Waals surface area contributed by atoms with Gasteiger partial charge < -0.3 is 19.7 Å². The SMILES string of the molecule is C[C@@H](CCC(C)(C)C)[C@H](NCCN(Cc1nc2ccccc2n1C)C(=O)OCC1c2ccccc2-c2ccccc21)C(=O)O. The standard InChI is InChI=1S/C36H44N4O4/c1-24(18-19-36(2,3)4)33(34(41)42)37-20-21-40(22-32-38-30-16-10-11-17-31(30)39(32)5)35(43)44-23-29-27-14-8-6-12-25(27)26-13-7-9-15-28(26)29/h6-17,24,29,33,37H,18-23H2,1-5H3,(H,41,42)/t24-,33-/m0/s1. The minimum Gasteiger partial charge on any atom is -0.480 e. The number of nitrogens with zero attached hydrogens (tertiary/aromatic N) is 3. The van der Waals surface area contributed by atoms with Gasteiger partial charge in [-0.25, -0.2) is 9.78 Å². The fourth-order valence-corrected chi connectivity index (χ4v) is 6.14. The quantitative estimate of drug-likeness (QED) is 0.186. The monoisotopic (exact) mass is 596 g/mol. The highest BCUT2D eigenvalue weighted by Gasteiger charge is 2.31. The lowest BCUT2D eigenvalue weighted by molar-refractivity contribution is -0.141. The van der Waals surface area contributed by atoms with Crippen LogP contribution in [0.5, 0.6) is 0 Å². The Labute approximate surface area is 260 Å². The predicted molar refractivity (Wildman–Crippen MR) is 173 cm³/mol. The Morgan fingerprint density at radius 3 is 2.23 bits per heavy atom. The number of aliphatic carboxylic acids is 1. The maximum absolute atomic E-state index is 13.7. The molecule has 44 heavy (non-hydrogen) atoms. The molecule has 0 bridgehead atoms. The first-order valence-electron chi connectivity index (χ1n) is 15.5. The summed E-state index contributed by atoms with van der Waals surface area (Å²) in [5.74, 6) is -0.265. The average molecular weight is 597 g/mol. The Morgan fingerprint density at radius 2 is 1.61 bits per heavy atom. The van der Waals surface area contributed by atoms with Crippen LogP contribution in [0.15, 0.2) is 72.8 Å². The Hall–Kier alpha value is -4.17. The molecule has 8 nitrogen and oxygen atoms in total. The minimum atomic E-state index is -0.880. The second-order valence-corrected chi connectivity index (χ2v) is 13.1. The Bertz CT molecular complexity index is 1580. The number of benzene rings is 3. The molecule has 3 aromatic carbocycles. The van der Waals surface area contributed by atoms with E-state index in [2.05, 4.69) is 50.4 Å². The number of carbonyl (C=O) groups is 2. The third kappa shape index (κ3) is 6.97. The van der Waals surface area contributed by atoms with Crippen molar-refractivity contribution in [3.63, 3.8) is 0 Å². The van der Waals surface area contributed by atoms with Gasteiger partial charge in [-0.15, -0.1) is 0 Å². The minimum absolute atomic E-state index is 0.0536. The summed E-state index contributed by atoms with van der Waals surface area (Å²) in [7, 11) is 1.94. The van der Waals surface area contributed by atoms with Crippen molar-refractivity contribution in [2.75, 3.05) is 19.7 Å². The summed E-state index contributed by atoms with van der Waals surface area (Å²) in [5, 5.41) is 13.2. The normalized spacial score (nSPS) is 14.2. The van der Waals surface area contributed by atoms with Gasteiger partial charge in [0.1, 0.15) is 18.5 Å². The predicted octanol–water partition coefficient (Wildman–Crippen LogP) is 6.83. The van der Waals surface area contributed by atoms with Gasteiger partial charge in [0.25, 0.3) is 0 Å². The lowest BCUT2D eigenvalue weighted by atomic mass is 9.85. The summed E-state index contributed by atoms with van der Waals surface area (Å²) < 4.78 is 8.01. The Morgan fingerprint density at radius 1 is 1.00 bits per heavy atom. The van der Waals surface area contributed by atoms with Crippen molar-refractivity contribution in [1.29, 1.82) is 0 Å². The van der Waals surface area contributed by atoms with Crippen LogP contribution in [0.25, 0.3) is 22.2 Å². The highest BCUT2D eigenvalue weighted by atomic mass is 16.6. The van der Waals surface area contributed by atoms with Gasteiger partial charge in [0.05, 0.1) is 17.6 Å². The highest BCUT2D eigenvalue weighted by Crippen LogP contribution is 2.44. The fourth-order valence-electron chi connectivity index (χ4n) is 6.14. The zero-order valence-electron chi connectivity index (χ0n) is 26.4. The number of nitrogens with one attached hydrogen (secondary N) is 1. The van der Waals surface area contributed by atoms with E-state index in [1.165, 1.54) is 11.1 Å². The molecule has 0 radical (unpaired) electrons. The van der Waals surface area contributed by atoms with Crippen molar-refractivity contribution in [2.45, 2.75) is 59.0 Å². The van der Waals surface area contributed by atoms with Gasteiger partial charge in [0.2, 0.25) is 0 Å². The molecule has 2 atom stereocenters. The van der Waals surface area contributed by atoms with Gasteiger partial charge in [-0.3, -0.25) is 9.69 Å². The van der Waals surface area contributed by atoms with Gasteiger partial charge in [0, 0.05) is 26.1 Å². The highest BCUT2D eigenvalue weighted by molar-refractivity contribution is 5.79. The maximum atomic E-state index is 13.7. The lowest BCUT2D eigenvalue weighted by Crippen LogP contribution is -2.46. The van der Waals surface area contributed by atoms with Crippen molar-refractivity contribution in [1.82, 2.24) is 19.8 Å². The molecule has 1 heterocycles. The third-order valence-corrected chi connectivity index (χ3v) is 8.74. The van der Waals surface area contributed by atoms with Gasteiger partial charge in [-0.2, -0.15) is 0 Å². The number of carbonyl (C=O) groups excluding carboxylic acids is 1. The molecule has 5 rings (SSSR count). The molecule has 1 amide bonds. The maximum Gasteiger partial charge on any atom is 0.410 e. The fraction of sp³-hybridized carbons (Fsp3) is 0.417. The molecule has 1 aliphatic rings. The molecule has 0 aliphatic heterocycles. The summed E-state index contributed by atoms with van der Waals surface area (Å²) in [6.45, 7) is 9.49. The van der Waals surface area contributed by atoms with E-state index in [1.54, 1.807) is 4.90 Å². The van der Waals surface area contributed by atoms with Crippen molar-refractivity contribution < 1.29 is 19.4 Å². The topological polar surface area (TPSA) is 96.7 Å². The molecule has 0 fully saturated rings. The van der Waals surface area contributed by atoms with Gasteiger partial charge in [-0.1, -0.05) is 88.4 Å². The summed E-state index contributed by atoms with van der Waals surface area (Å²) in [5.41, 5.74) is 6.61. The second-order valence-electron chi connectivity index (χ2n) is 13.1. The lowest BCUT2D eigenvalue weighted by Gasteiger charge is -2.27. The number of fused-ring (bicyclic) bond motifs is 4. The van der Waals surface area contributed by atoms with Crippen molar-refractivity contribution in [3.8, 4) is 11.1 Å². The molecular formula is C36H44N4O4. The zero-order valence-corrected chi connectivity index (χ0v) is 26.4. The van der Waals surface area contributed by atoms with Gasteiger partial charge >= 0.3 is 12.1 Å². The van der Waals surface area contributed by atoms with E-state index in [0.29, 0.717) is 6.54 Å². The van der Waals surface area contributed by atoms with E-state index in [1.807, 2.05) is 67.1 Å². The summed E-state index contributed by atoms with van der Waals surface area (Å²) in [6, 6.07) is 23.7. The number of hydrogen-bond acceptors (Lipinski definition) is 5. The third-order valence-electron chi connectivity index (χ3n) is 8.74. The summed E-state index contributed by atoms with van der Waals surface area (Å²) in [6.07, 6.45) is 1.27. The van der Waals surface area contributed by atoms with E-state index in [0.717, 1.165) is 40.8 Å². The smallest absolute Gasteiger partial charge is 0.410 e. The van der Waals surface area contributed by atoms with E-state index in [9.17, 15) is 14.7 Å². The Kier molecular flexibility index (Phi) is 9.39. The molecule has 4 aromatic rings. The van der Waals surface area contributed by atoms with Crippen LogP contribution in [-0.2, 0) is 23.1 Å². The van der Waals surface area contributed by atoms with E-state index in [-0.39, 0.29) is 36.9 Å². The molecule has 0 saturated carbocycles. The molecule has 0 unspecified atom stereocenters. The van der Waals surface area contributed by atoms with Crippen LogP contribution in [0.3, 0.4) is 0 Å². The van der Waals surface area contributed by atoms with E-state index >= 15 is 0 Å². The first-order valence-corrected chi connectivity index (χ1v) is 15.5. The zero-order chi connectivity index (χ0) is 31.4.